The first kappa shape index (κ1) is 20.4. The summed E-state index contributed by atoms with van der Waals surface area (Å²) >= 11 is 0. The number of imidazole rings is 1. The highest BCUT2D eigenvalue weighted by molar-refractivity contribution is 6.47. The van der Waals surface area contributed by atoms with E-state index < -0.39 is 11.2 Å². The molecule has 0 aliphatic heterocycles. The second kappa shape index (κ2) is 7.75. The van der Waals surface area contributed by atoms with Gasteiger partial charge >= 0.3 is 7.48 Å². The van der Waals surface area contributed by atoms with E-state index in [9.17, 15) is 5.11 Å². The lowest BCUT2D eigenvalue weighted by molar-refractivity contribution is -0.0893. The van der Waals surface area contributed by atoms with Crippen molar-refractivity contribution in [3.8, 4) is 17.1 Å². The number of rotatable bonds is 6. The Morgan fingerprint density at radius 1 is 0.833 bits per heavy atom. The molecule has 4 rings (SSSR count). The molecule has 30 heavy (non-hydrogen) atoms. The van der Waals surface area contributed by atoms with Crippen LogP contribution in [0, 0.1) is 0 Å². The van der Waals surface area contributed by atoms with Gasteiger partial charge in [0.15, 0.2) is 0 Å². The summed E-state index contributed by atoms with van der Waals surface area (Å²) in [7, 11) is 0.438. The van der Waals surface area contributed by atoms with Crippen molar-refractivity contribution in [1.29, 1.82) is 0 Å². The highest BCUT2D eigenvalue weighted by atomic mass is 16.5. The number of para-hydroxylation sites is 2. The Labute approximate surface area is 178 Å². The molecule has 5 heteroatoms. The Bertz CT molecular complexity index is 1140. The Balaban J connectivity index is 1.68. The van der Waals surface area contributed by atoms with E-state index in [0.29, 0.717) is 7.48 Å². The number of aromatic nitrogens is 2. The molecule has 0 radical (unpaired) electrons. The van der Waals surface area contributed by atoms with Crippen LogP contribution in [0.2, 0.25) is 0 Å². The summed E-state index contributed by atoms with van der Waals surface area (Å²) in [6, 6.07) is 26.8. The third-order valence-corrected chi connectivity index (χ3v) is 5.86. The molecule has 1 N–H and O–H groups in total. The molecule has 0 bridgehead atoms. The minimum absolute atomic E-state index is 0.438. The maximum atomic E-state index is 10.3. The van der Waals surface area contributed by atoms with Crippen LogP contribution < -0.4 is 5.46 Å². The fraction of sp³-hybridized carbons (Fsp3) is 0.240. The fourth-order valence-corrected chi connectivity index (χ4v) is 3.25. The van der Waals surface area contributed by atoms with E-state index in [1.54, 1.807) is 13.8 Å². The summed E-state index contributed by atoms with van der Waals surface area (Å²) in [5, 5.41) is 10.3. The van der Waals surface area contributed by atoms with Gasteiger partial charge in [0.1, 0.15) is 5.82 Å². The molecule has 0 aliphatic rings. The smallest absolute Gasteiger partial charge is 0.309 e. The van der Waals surface area contributed by atoms with Gasteiger partial charge in [0.25, 0.3) is 0 Å². The van der Waals surface area contributed by atoms with Gasteiger partial charge in [-0.1, -0.05) is 60.1 Å². The summed E-state index contributed by atoms with van der Waals surface area (Å²) in [5.41, 5.74) is 3.65. The lowest BCUT2D eigenvalue weighted by Crippen LogP contribution is -2.49. The van der Waals surface area contributed by atoms with Crippen LogP contribution >= 0.6 is 0 Å². The van der Waals surface area contributed by atoms with E-state index in [1.165, 1.54) is 0 Å². The minimum Gasteiger partial charge on any atom is -0.427 e. The van der Waals surface area contributed by atoms with E-state index in [4.69, 9.17) is 9.64 Å². The van der Waals surface area contributed by atoms with Gasteiger partial charge < -0.3 is 9.76 Å². The van der Waals surface area contributed by atoms with Gasteiger partial charge in [0, 0.05) is 11.3 Å². The number of nitrogens with zero attached hydrogens (tertiary/aromatic N) is 2. The maximum Gasteiger partial charge on any atom is 0.309 e. The zero-order valence-electron chi connectivity index (χ0n) is 18.0. The van der Waals surface area contributed by atoms with Crippen molar-refractivity contribution >= 4 is 24.0 Å². The van der Waals surface area contributed by atoms with Crippen molar-refractivity contribution in [2.24, 2.45) is 0 Å². The highest BCUT2D eigenvalue weighted by Gasteiger charge is 2.35. The minimum atomic E-state index is -0.923. The maximum absolute atomic E-state index is 10.3. The Morgan fingerprint density at radius 2 is 1.47 bits per heavy atom. The second-order valence-corrected chi connectivity index (χ2v) is 8.65. The summed E-state index contributed by atoms with van der Waals surface area (Å²) in [5.74, 6) is 0.920. The van der Waals surface area contributed by atoms with E-state index in [1.807, 2.05) is 50.2 Å². The van der Waals surface area contributed by atoms with Crippen LogP contribution in [0.5, 0.6) is 0 Å². The first-order valence-corrected chi connectivity index (χ1v) is 10.2. The SMILES string of the molecule is CC(C)(O)C(C)(C)OBc1ccc(-n2c(-c3ccccc3)nc3ccccc32)cc1. The molecule has 0 fully saturated rings. The average molecular weight is 398 g/mol. The molecule has 0 spiro atoms. The van der Waals surface area contributed by atoms with E-state index in [-0.39, 0.29) is 0 Å². The van der Waals surface area contributed by atoms with Gasteiger partial charge in [0.05, 0.1) is 22.2 Å². The number of benzene rings is 3. The summed E-state index contributed by atoms with van der Waals surface area (Å²) < 4.78 is 8.20. The van der Waals surface area contributed by atoms with Gasteiger partial charge in [0.2, 0.25) is 0 Å². The predicted octanol–water partition coefficient (Wildman–Crippen LogP) is 4.24. The third-order valence-electron chi connectivity index (χ3n) is 5.86. The zero-order valence-corrected chi connectivity index (χ0v) is 18.0. The molecular weight excluding hydrogens is 371 g/mol. The molecule has 3 aromatic carbocycles. The van der Waals surface area contributed by atoms with Crippen molar-refractivity contribution in [2.45, 2.75) is 38.9 Å². The van der Waals surface area contributed by atoms with Gasteiger partial charge in [-0.2, -0.15) is 0 Å². The van der Waals surface area contributed by atoms with Crippen molar-refractivity contribution < 1.29 is 9.76 Å². The Morgan fingerprint density at radius 3 is 2.13 bits per heavy atom. The fourth-order valence-electron chi connectivity index (χ4n) is 3.25. The summed E-state index contributed by atoms with van der Waals surface area (Å²) in [6.07, 6.45) is 0. The summed E-state index contributed by atoms with van der Waals surface area (Å²) in [6.45, 7) is 7.35. The molecule has 1 heterocycles. The largest absolute Gasteiger partial charge is 0.427 e. The van der Waals surface area contributed by atoms with E-state index >= 15 is 0 Å². The van der Waals surface area contributed by atoms with Gasteiger partial charge in [-0.25, -0.2) is 4.98 Å². The topological polar surface area (TPSA) is 47.3 Å². The van der Waals surface area contributed by atoms with E-state index in [2.05, 4.69) is 47.0 Å². The standard InChI is InChI=1S/C25H27BN2O2/c1-24(2,29)25(3,4)30-26-19-14-16-20(17-15-19)28-22-13-9-8-12-21(22)27-23(28)18-10-6-5-7-11-18/h5-17,26,29H,1-4H3. The number of hydrogen-bond donors (Lipinski definition) is 1. The van der Waals surface area contributed by atoms with Crippen molar-refractivity contribution in [3.63, 3.8) is 0 Å². The number of aliphatic hydroxyl groups is 1. The van der Waals surface area contributed by atoms with Crippen molar-refractivity contribution in [1.82, 2.24) is 9.55 Å². The normalized spacial score (nSPS) is 12.3. The number of fused-ring (bicyclic) bond motifs is 1. The Kier molecular flexibility index (Phi) is 5.26. The van der Waals surface area contributed by atoms with E-state index in [0.717, 1.165) is 33.6 Å². The monoisotopic (exact) mass is 398 g/mol. The molecule has 0 saturated heterocycles. The quantitative estimate of drug-likeness (QED) is 0.495. The molecule has 4 aromatic rings. The average Bonchev–Trinajstić information content (AvgIpc) is 3.12. The zero-order chi connectivity index (χ0) is 21.4. The summed E-state index contributed by atoms with van der Waals surface area (Å²) in [4.78, 5) is 4.89. The molecule has 0 saturated carbocycles. The molecule has 0 atom stereocenters. The van der Waals surface area contributed by atoms with Gasteiger partial charge in [-0.3, -0.25) is 4.57 Å². The molecule has 0 aliphatic carbocycles. The highest BCUT2D eigenvalue weighted by Crippen LogP contribution is 2.28. The predicted molar refractivity (Wildman–Crippen MR) is 125 cm³/mol. The molecule has 0 unspecified atom stereocenters. The molecule has 1 aromatic heterocycles. The van der Waals surface area contributed by atoms with Crippen LogP contribution in [-0.2, 0) is 4.65 Å². The molecule has 0 amide bonds. The van der Waals surface area contributed by atoms with Crippen LogP contribution in [0.25, 0.3) is 28.1 Å². The van der Waals surface area contributed by atoms with Crippen LogP contribution in [0.3, 0.4) is 0 Å². The first-order valence-electron chi connectivity index (χ1n) is 10.2. The van der Waals surface area contributed by atoms with Crippen LogP contribution in [-0.4, -0.2) is 33.3 Å². The second-order valence-electron chi connectivity index (χ2n) is 8.65. The molecular formula is C25H27BN2O2. The van der Waals surface area contributed by atoms with Crippen LogP contribution in [0.15, 0.2) is 78.9 Å². The first-order chi connectivity index (χ1) is 14.3. The van der Waals surface area contributed by atoms with Crippen molar-refractivity contribution in [3.05, 3.63) is 78.9 Å². The van der Waals surface area contributed by atoms with Crippen LogP contribution in [0.4, 0.5) is 0 Å². The van der Waals surface area contributed by atoms with Crippen molar-refractivity contribution in [2.75, 3.05) is 0 Å². The molecule has 4 nitrogen and oxygen atoms in total. The van der Waals surface area contributed by atoms with Gasteiger partial charge in [-0.15, -0.1) is 0 Å². The van der Waals surface area contributed by atoms with Crippen LogP contribution in [0.1, 0.15) is 27.7 Å². The Hall–Kier alpha value is -2.89. The number of hydrogen-bond acceptors (Lipinski definition) is 3. The third kappa shape index (κ3) is 3.91. The molecule has 152 valence electrons. The van der Waals surface area contributed by atoms with Gasteiger partial charge in [-0.05, 0) is 52.0 Å². The lowest BCUT2D eigenvalue weighted by atomic mass is 9.82. The lowest BCUT2D eigenvalue weighted by Gasteiger charge is -2.37.